The summed E-state index contributed by atoms with van der Waals surface area (Å²) in [5.74, 6) is -0.527. The van der Waals surface area contributed by atoms with Crippen LogP contribution in [0.2, 0.25) is 0 Å². The topological polar surface area (TPSA) is 71.1 Å². The summed E-state index contributed by atoms with van der Waals surface area (Å²) in [7, 11) is 1.55. The monoisotopic (exact) mass is 305 g/mol. The Morgan fingerprint density at radius 1 is 0.870 bits per heavy atom. The highest BCUT2D eigenvalue weighted by Gasteiger charge is 2.14. The van der Waals surface area contributed by atoms with Crippen molar-refractivity contribution in [1.29, 1.82) is 0 Å². The second kappa shape index (κ2) is 6.27. The number of pyridine rings is 1. The Morgan fingerprint density at radius 3 is 2.48 bits per heavy atom. The number of amides is 2. The number of hydrogen-bond acceptors (Lipinski definition) is 3. The van der Waals surface area contributed by atoms with E-state index in [0.717, 1.165) is 10.9 Å². The number of aromatic nitrogens is 1. The van der Waals surface area contributed by atoms with Gasteiger partial charge in [0, 0.05) is 24.2 Å². The van der Waals surface area contributed by atoms with Crippen molar-refractivity contribution in [3.63, 3.8) is 0 Å². The molecular weight excluding hydrogens is 290 g/mol. The Balaban J connectivity index is 1.98. The fourth-order valence-corrected chi connectivity index (χ4v) is 2.42. The highest BCUT2D eigenvalue weighted by atomic mass is 16.2. The molecule has 0 aliphatic heterocycles. The van der Waals surface area contributed by atoms with Crippen molar-refractivity contribution < 1.29 is 9.59 Å². The molecule has 2 aromatic carbocycles. The minimum atomic E-state index is -0.278. The van der Waals surface area contributed by atoms with Crippen molar-refractivity contribution in [2.24, 2.45) is 0 Å². The maximum atomic E-state index is 12.6. The summed E-state index contributed by atoms with van der Waals surface area (Å²) < 4.78 is 0. The van der Waals surface area contributed by atoms with Crippen LogP contribution < -0.4 is 10.6 Å². The van der Waals surface area contributed by atoms with E-state index < -0.39 is 0 Å². The molecule has 2 N–H and O–H groups in total. The fraction of sp³-hybridized carbons (Fsp3) is 0.0556. The summed E-state index contributed by atoms with van der Waals surface area (Å²) >= 11 is 0. The van der Waals surface area contributed by atoms with E-state index in [0.29, 0.717) is 16.8 Å². The highest BCUT2D eigenvalue weighted by Crippen LogP contribution is 2.20. The van der Waals surface area contributed by atoms with Crippen LogP contribution in [0.1, 0.15) is 20.7 Å². The third kappa shape index (κ3) is 2.89. The Labute approximate surface area is 133 Å². The standard InChI is InChI=1S/C18H15N3O2/c1-19-17(22)14-6-2-3-9-16(14)21-18(23)13-7-4-10-15-12(13)8-5-11-20-15/h2-11H,1H3,(H,19,22)(H,21,23). The van der Waals surface area contributed by atoms with Crippen LogP contribution in [0.4, 0.5) is 5.69 Å². The zero-order valence-electron chi connectivity index (χ0n) is 12.5. The lowest BCUT2D eigenvalue weighted by Gasteiger charge is -2.11. The molecule has 3 rings (SSSR count). The normalized spacial score (nSPS) is 10.3. The summed E-state index contributed by atoms with van der Waals surface area (Å²) in [5, 5.41) is 6.14. The SMILES string of the molecule is CNC(=O)c1ccccc1NC(=O)c1cccc2ncccc12. The number of carbonyl (C=O) groups is 2. The predicted molar refractivity (Wildman–Crippen MR) is 89.5 cm³/mol. The molecule has 0 atom stereocenters. The fourth-order valence-electron chi connectivity index (χ4n) is 2.42. The second-order valence-corrected chi connectivity index (χ2v) is 4.95. The van der Waals surface area contributed by atoms with Gasteiger partial charge >= 0.3 is 0 Å². The molecule has 5 nitrogen and oxygen atoms in total. The molecule has 0 saturated carbocycles. The summed E-state index contributed by atoms with van der Waals surface area (Å²) in [6.45, 7) is 0. The quantitative estimate of drug-likeness (QED) is 0.781. The number of para-hydroxylation sites is 1. The van der Waals surface area contributed by atoms with Crippen LogP contribution in [0.15, 0.2) is 60.8 Å². The molecule has 0 bridgehead atoms. The van der Waals surface area contributed by atoms with E-state index in [9.17, 15) is 9.59 Å². The molecule has 23 heavy (non-hydrogen) atoms. The Bertz CT molecular complexity index is 885. The molecule has 2 amide bonds. The third-order valence-electron chi connectivity index (χ3n) is 3.54. The van der Waals surface area contributed by atoms with Crippen molar-refractivity contribution in [1.82, 2.24) is 10.3 Å². The molecule has 114 valence electrons. The molecule has 0 aliphatic carbocycles. The van der Waals surface area contributed by atoms with E-state index in [1.807, 2.05) is 12.1 Å². The van der Waals surface area contributed by atoms with Crippen LogP contribution in [-0.4, -0.2) is 23.8 Å². The Kier molecular flexibility index (Phi) is 4.01. The number of nitrogens with one attached hydrogen (secondary N) is 2. The van der Waals surface area contributed by atoms with Crippen LogP contribution in [-0.2, 0) is 0 Å². The molecule has 0 radical (unpaired) electrons. The number of carbonyl (C=O) groups excluding carboxylic acids is 2. The molecule has 3 aromatic rings. The first-order valence-corrected chi connectivity index (χ1v) is 7.17. The number of anilines is 1. The second-order valence-electron chi connectivity index (χ2n) is 4.95. The van der Waals surface area contributed by atoms with E-state index in [1.54, 1.807) is 55.7 Å². The summed E-state index contributed by atoms with van der Waals surface area (Å²) in [6, 6.07) is 15.9. The Morgan fingerprint density at radius 2 is 1.65 bits per heavy atom. The zero-order valence-corrected chi connectivity index (χ0v) is 12.5. The van der Waals surface area contributed by atoms with Crippen molar-refractivity contribution >= 4 is 28.4 Å². The highest BCUT2D eigenvalue weighted by molar-refractivity contribution is 6.14. The number of hydrogen-bond donors (Lipinski definition) is 2. The van der Waals surface area contributed by atoms with Gasteiger partial charge in [-0.15, -0.1) is 0 Å². The van der Waals surface area contributed by atoms with Crippen LogP contribution in [0.25, 0.3) is 10.9 Å². The van der Waals surface area contributed by atoms with Crippen LogP contribution >= 0.6 is 0 Å². The lowest BCUT2D eigenvalue weighted by molar-refractivity contribution is 0.0964. The maximum absolute atomic E-state index is 12.6. The minimum absolute atomic E-state index is 0.250. The molecule has 0 fully saturated rings. The Hall–Kier alpha value is -3.21. The van der Waals surface area contributed by atoms with Gasteiger partial charge in [-0.2, -0.15) is 0 Å². The van der Waals surface area contributed by atoms with Gasteiger partial charge in [-0.1, -0.05) is 24.3 Å². The van der Waals surface area contributed by atoms with Crippen molar-refractivity contribution in [3.05, 3.63) is 71.9 Å². The predicted octanol–water partition coefficient (Wildman–Crippen LogP) is 2.85. The largest absolute Gasteiger partial charge is 0.355 e. The van der Waals surface area contributed by atoms with Gasteiger partial charge in [-0.05, 0) is 30.3 Å². The minimum Gasteiger partial charge on any atom is -0.355 e. The van der Waals surface area contributed by atoms with Gasteiger partial charge in [0.05, 0.1) is 16.8 Å². The molecule has 0 spiro atoms. The zero-order chi connectivity index (χ0) is 16.2. The van der Waals surface area contributed by atoms with Crippen LogP contribution in [0, 0.1) is 0 Å². The van der Waals surface area contributed by atoms with Gasteiger partial charge in [-0.25, -0.2) is 0 Å². The van der Waals surface area contributed by atoms with Gasteiger partial charge < -0.3 is 10.6 Å². The average molecular weight is 305 g/mol. The van der Waals surface area contributed by atoms with Gasteiger partial charge in [0.25, 0.3) is 11.8 Å². The van der Waals surface area contributed by atoms with Crippen LogP contribution in [0.3, 0.4) is 0 Å². The molecule has 0 unspecified atom stereocenters. The number of benzene rings is 2. The lowest BCUT2D eigenvalue weighted by atomic mass is 10.1. The van der Waals surface area contributed by atoms with E-state index in [-0.39, 0.29) is 11.8 Å². The molecule has 0 aliphatic rings. The third-order valence-corrected chi connectivity index (χ3v) is 3.54. The summed E-state index contributed by atoms with van der Waals surface area (Å²) in [5.41, 5.74) is 2.15. The molecule has 0 saturated heterocycles. The lowest BCUT2D eigenvalue weighted by Crippen LogP contribution is -2.21. The number of fused-ring (bicyclic) bond motifs is 1. The van der Waals surface area contributed by atoms with Crippen molar-refractivity contribution in [2.45, 2.75) is 0 Å². The van der Waals surface area contributed by atoms with Gasteiger partial charge in [0.15, 0.2) is 0 Å². The van der Waals surface area contributed by atoms with Crippen LogP contribution in [0.5, 0.6) is 0 Å². The van der Waals surface area contributed by atoms with E-state index in [2.05, 4.69) is 15.6 Å². The summed E-state index contributed by atoms with van der Waals surface area (Å²) in [6.07, 6.45) is 1.69. The summed E-state index contributed by atoms with van der Waals surface area (Å²) in [4.78, 5) is 28.8. The smallest absolute Gasteiger partial charge is 0.256 e. The molecule has 1 heterocycles. The number of nitrogens with zero attached hydrogens (tertiary/aromatic N) is 1. The first kappa shape index (κ1) is 14.7. The van der Waals surface area contributed by atoms with E-state index in [4.69, 9.17) is 0 Å². The van der Waals surface area contributed by atoms with Gasteiger partial charge in [-0.3, -0.25) is 14.6 Å². The molecule has 1 aromatic heterocycles. The first-order valence-electron chi connectivity index (χ1n) is 7.17. The average Bonchev–Trinajstić information content (AvgIpc) is 2.61. The van der Waals surface area contributed by atoms with E-state index in [1.165, 1.54) is 0 Å². The number of rotatable bonds is 3. The first-order chi connectivity index (χ1) is 11.2. The van der Waals surface area contributed by atoms with E-state index >= 15 is 0 Å². The van der Waals surface area contributed by atoms with Crippen molar-refractivity contribution in [2.75, 3.05) is 12.4 Å². The molecule has 5 heteroatoms. The maximum Gasteiger partial charge on any atom is 0.256 e. The van der Waals surface area contributed by atoms with Gasteiger partial charge in [0.1, 0.15) is 0 Å². The van der Waals surface area contributed by atoms with Crippen molar-refractivity contribution in [3.8, 4) is 0 Å². The molecular formula is C18H15N3O2. The van der Waals surface area contributed by atoms with Gasteiger partial charge in [0.2, 0.25) is 0 Å².